The van der Waals surface area contributed by atoms with E-state index in [1.807, 2.05) is 54.6 Å². The Morgan fingerprint density at radius 3 is 2.32 bits per heavy atom. The zero-order chi connectivity index (χ0) is 35.8. The third kappa shape index (κ3) is 7.49. The minimum Gasteiger partial charge on any atom is -0.487 e. The van der Waals surface area contributed by atoms with Gasteiger partial charge in [0.15, 0.2) is 0 Å². The topological polar surface area (TPSA) is 77.2 Å². The summed E-state index contributed by atoms with van der Waals surface area (Å²) < 4.78 is 61.1. The Morgan fingerprint density at radius 2 is 1.66 bits per heavy atom. The van der Waals surface area contributed by atoms with Crippen LogP contribution < -0.4 is 4.74 Å². The number of nitrogens with zero attached hydrogens (tertiary/aromatic N) is 3. The fraction of sp³-hybridized carbons (Fsp3) is 0.275. The first-order chi connectivity index (χ1) is 23.7. The van der Waals surface area contributed by atoms with Gasteiger partial charge in [0.05, 0.1) is 16.6 Å². The van der Waals surface area contributed by atoms with E-state index in [-0.39, 0.29) is 18.3 Å². The molecule has 0 aliphatic rings. The molecular formula is C40H37F4N3O3. The lowest BCUT2D eigenvalue weighted by atomic mass is 9.85. The molecule has 0 amide bonds. The van der Waals surface area contributed by atoms with Gasteiger partial charge in [-0.25, -0.2) is 9.37 Å². The first-order valence-electron chi connectivity index (χ1n) is 16.4. The summed E-state index contributed by atoms with van der Waals surface area (Å²) in [5, 5.41) is 11.8. The van der Waals surface area contributed by atoms with E-state index in [1.54, 1.807) is 19.9 Å². The number of hydrogen-bond donors (Lipinski definition) is 1. The van der Waals surface area contributed by atoms with E-state index in [0.29, 0.717) is 40.9 Å². The molecule has 0 aliphatic heterocycles. The highest BCUT2D eigenvalue weighted by Gasteiger charge is 2.33. The normalized spacial score (nSPS) is 12.3. The van der Waals surface area contributed by atoms with Crippen molar-refractivity contribution in [2.24, 2.45) is 11.3 Å². The van der Waals surface area contributed by atoms with Crippen LogP contribution in [0.4, 0.5) is 17.6 Å². The van der Waals surface area contributed by atoms with E-state index >= 15 is 0 Å². The van der Waals surface area contributed by atoms with E-state index in [4.69, 9.17) is 4.74 Å². The van der Waals surface area contributed by atoms with Crippen LogP contribution in [0.2, 0.25) is 0 Å². The number of carboxylic acid groups (broad SMARTS) is 1. The highest BCUT2D eigenvalue weighted by Crippen LogP contribution is 2.36. The molecule has 0 spiro atoms. The van der Waals surface area contributed by atoms with Gasteiger partial charge in [0, 0.05) is 46.7 Å². The highest BCUT2D eigenvalue weighted by atomic mass is 19.4. The molecule has 1 N–H and O–H groups in total. The Morgan fingerprint density at radius 1 is 0.920 bits per heavy atom. The van der Waals surface area contributed by atoms with Crippen LogP contribution in [0, 0.1) is 17.2 Å². The Labute approximate surface area is 287 Å². The largest absolute Gasteiger partial charge is 0.487 e. The lowest BCUT2D eigenvalue weighted by molar-refractivity contribution is -0.147. The monoisotopic (exact) mass is 683 g/mol. The zero-order valence-electron chi connectivity index (χ0n) is 28.2. The molecule has 258 valence electrons. The average molecular weight is 684 g/mol. The van der Waals surface area contributed by atoms with E-state index in [2.05, 4.69) is 28.4 Å². The van der Waals surface area contributed by atoms with Gasteiger partial charge in [-0.1, -0.05) is 50.2 Å². The van der Waals surface area contributed by atoms with Gasteiger partial charge in [-0.3, -0.25) is 9.78 Å². The molecule has 50 heavy (non-hydrogen) atoms. The molecule has 0 aliphatic carbocycles. The molecule has 3 heterocycles. The third-order valence-electron chi connectivity index (χ3n) is 8.84. The molecule has 6 rings (SSSR count). The van der Waals surface area contributed by atoms with Crippen molar-refractivity contribution in [3.8, 4) is 16.9 Å². The van der Waals surface area contributed by atoms with Crippen LogP contribution in [-0.2, 0) is 37.0 Å². The smallest absolute Gasteiger partial charge is 0.433 e. The van der Waals surface area contributed by atoms with Gasteiger partial charge in [-0.15, -0.1) is 0 Å². The highest BCUT2D eigenvalue weighted by molar-refractivity contribution is 5.88. The van der Waals surface area contributed by atoms with Crippen molar-refractivity contribution in [2.75, 3.05) is 0 Å². The quantitative estimate of drug-likeness (QED) is 0.138. The molecule has 6 nitrogen and oxygen atoms in total. The van der Waals surface area contributed by atoms with Gasteiger partial charge in [0.25, 0.3) is 0 Å². The summed E-state index contributed by atoms with van der Waals surface area (Å²) in [5.41, 5.74) is 4.56. The van der Waals surface area contributed by atoms with Crippen molar-refractivity contribution in [1.29, 1.82) is 0 Å². The van der Waals surface area contributed by atoms with E-state index in [1.165, 1.54) is 24.4 Å². The maximum atomic E-state index is 13.6. The SMILES string of the molecule is CC(C)Cc1c(CC(C)(C)C(=O)O)n(Cc2ccc(-c3ccc(C(F)(F)F)nc3)cc2)c2ccc(OCc3ccc4cc(F)ccc4n3)cc12. The van der Waals surface area contributed by atoms with Gasteiger partial charge < -0.3 is 14.4 Å². The van der Waals surface area contributed by atoms with Crippen LogP contribution in [-0.4, -0.2) is 25.6 Å². The molecule has 0 bridgehead atoms. The van der Waals surface area contributed by atoms with Crippen LogP contribution in [0.25, 0.3) is 32.9 Å². The molecule has 0 fully saturated rings. The summed E-state index contributed by atoms with van der Waals surface area (Å²) >= 11 is 0. The van der Waals surface area contributed by atoms with Crippen molar-refractivity contribution in [3.63, 3.8) is 0 Å². The Bertz CT molecular complexity index is 2170. The number of ether oxygens (including phenoxy) is 1. The number of aromatic nitrogens is 3. The number of carbonyl (C=O) groups is 1. The Hall–Kier alpha value is -5.25. The fourth-order valence-corrected chi connectivity index (χ4v) is 6.15. The summed E-state index contributed by atoms with van der Waals surface area (Å²) in [4.78, 5) is 20.5. The summed E-state index contributed by atoms with van der Waals surface area (Å²) in [6.45, 7) is 8.36. The van der Waals surface area contributed by atoms with Crippen LogP contribution in [0.1, 0.15) is 55.9 Å². The number of aliphatic carboxylic acids is 1. The summed E-state index contributed by atoms with van der Waals surface area (Å²) in [7, 11) is 0. The number of carboxylic acids is 1. The second-order valence-electron chi connectivity index (χ2n) is 13.7. The first-order valence-corrected chi connectivity index (χ1v) is 16.4. The second kappa shape index (κ2) is 13.6. The number of halogens is 4. The second-order valence-corrected chi connectivity index (χ2v) is 13.7. The first kappa shape index (κ1) is 34.6. The van der Waals surface area contributed by atoms with E-state index in [0.717, 1.165) is 45.8 Å². The molecule has 0 atom stereocenters. The number of hydrogen-bond acceptors (Lipinski definition) is 4. The molecule has 0 saturated heterocycles. The van der Waals surface area contributed by atoms with E-state index in [9.17, 15) is 27.5 Å². The summed E-state index contributed by atoms with van der Waals surface area (Å²) in [5.74, 6) is -0.290. The van der Waals surface area contributed by atoms with Crippen LogP contribution in [0.15, 0.2) is 91.1 Å². The molecule has 0 unspecified atom stereocenters. The van der Waals surface area contributed by atoms with Gasteiger partial charge in [-0.2, -0.15) is 13.2 Å². The minimum absolute atomic E-state index is 0.207. The maximum Gasteiger partial charge on any atom is 0.433 e. The number of alkyl halides is 3. The van der Waals surface area contributed by atoms with Crippen LogP contribution in [0.3, 0.4) is 0 Å². The zero-order valence-corrected chi connectivity index (χ0v) is 28.2. The molecule has 0 radical (unpaired) electrons. The number of fused-ring (bicyclic) bond motifs is 2. The standard InChI is InChI=1S/C40H37F4N3O3/c1-24(2)17-32-33-19-31(50-23-30-12-9-27-18-29(41)11-14-34(27)46-30)13-15-35(33)47(36(32)20-39(3,4)38(48)49)22-25-5-7-26(8-6-25)28-10-16-37(45-21-28)40(42,43)44/h5-16,18-19,21,24H,17,20,22-23H2,1-4H3,(H,48,49). The molecule has 3 aromatic heterocycles. The van der Waals surface area contributed by atoms with Gasteiger partial charge in [0.2, 0.25) is 0 Å². The van der Waals surface area contributed by atoms with Gasteiger partial charge in [-0.05, 0) is 91.4 Å². The van der Waals surface area contributed by atoms with Crippen molar-refractivity contribution in [3.05, 3.63) is 125 Å². The van der Waals surface area contributed by atoms with E-state index < -0.39 is 23.3 Å². The number of pyridine rings is 2. The van der Waals surface area contributed by atoms with Crippen LogP contribution >= 0.6 is 0 Å². The van der Waals surface area contributed by atoms with Crippen LogP contribution in [0.5, 0.6) is 5.75 Å². The van der Waals surface area contributed by atoms with Crippen molar-refractivity contribution in [2.45, 2.75) is 59.9 Å². The number of rotatable bonds is 11. The van der Waals surface area contributed by atoms with Gasteiger partial charge >= 0.3 is 12.1 Å². The lowest BCUT2D eigenvalue weighted by Crippen LogP contribution is -2.28. The maximum absolute atomic E-state index is 13.6. The molecule has 0 saturated carbocycles. The Balaban J connectivity index is 1.35. The number of benzene rings is 3. The summed E-state index contributed by atoms with van der Waals surface area (Å²) in [6, 6.07) is 23.9. The molecular weight excluding hydrogens is 646 g/mol. The predicted molar refractivity (Wildman–Crippen MR) is 185 cm³/mol. The van der Waals surface area contributed by atoms with Crippen molar-refractivity contribution >= 4 is 27.8 Å². The molecule has 3 aromatic carbocycles. The van der Waals surface area contributed by atoms with Crippen molar-refractivity contribution < 1.29 is 32.2 Å². The summed E-state index contributed by atoms with van der Waals surface area (Å²) in [6.07, 6.45) is -2.27. The third-order valence-corrected chi connectivity index (χ3v) is 8.84. The molecule has 10 heteroatoms. The lowest BCUT2D eigenvalue weighted by Gasteiger charge is -2.22. The predicted octanol–water partition coefficient (Wildman–Crippen LogP) is 9.89. The minimum atomic E-state index is -4.51. The van der Waals surface area contributed by atoms with Gasteiger partial charge in [0.1, 0.15) is 23.9 Å². The Kier molecular flexibility index (Phi) is 9.39. The molecule has 6 aromatic rings. The average Bonchev–Trinajstić information content (AvgIpc) is 3.33. The fourth-order valence-electron chi connectivity index (χ4n) is 6.15. The van der Waals surface area contributed by atoms with Crippen molar-refractivity contribution in [1.82, 2.24) is 14.5 Å².